The quantitative estimate of drug-likeness (QED) is 0.202. The first-order valence-corrected chi connectivity index (χ1v) is 19.1. The average molecular weight is 737 g/mol. The van der Waals surface area contributed by atoms with Crippen LogP contribution in [0.5, 0.6) is 0 Å². The first-order chi connectivity index (χ1) is 24.5. The standard InChI is InChI=1S/C39H56N6O6S/c1-10-45-32-12-11-25(31-22-52-33(41-31)19-30(36(47)48)42-37(49)51-38(3,4)5)17-27(32)29(20-39(6,7)23-46)35(45)28-18-26(21-40-34(28)24(2)50-9)44-15-13-43(8)14-16-44/h11-12,17,21-22,24,26,30,46H,10,13-16,18-20,23H2,1-9H3,(H,42,49)(H,47,48)/t24-,26+,30-/m0/s1. The first-order valence-electron chi connectivity index (χ1n) is 18.2. The number of aliphatic hydroxyl groups is 1. The van der Waals surface area contributed by atoms with E-state index < -0.39 is 23.7 Å². The molecule has 13 heteroatoms. The van der Waals surface area contributed by atoms with Crippen molar-refractivity contribution in [3.05, 3.63) is 45.5 Å². The van der Waals surface area contributed by atoms with E-state index in [0.717, 1.165) is 78.3 Å². The third-order valence-corrected chi connectivity index (χ3v) is 10.8. The van der Waals surface area contributed by atoms with Gasteiger partial charge in [-0.25, -0.2) is 14.6 Å². The van der Waals surface area contributed by atoms with Crippen LogP contribution in [0.4, 0.5) is 4.79 Å². The van der Waals surface area contributed by atoms with Crippen molar-refractivity contribution in [2.24, 2.45) is 10.4 Å². The largest absolute Gasteiger partial charge is 0.480 e. The predicted octanol–water partition coefficient (Wildman–Crippen LogP) is 5.70. The van der Waals surface area contributed by atoms with Crippen LogP contribution in [-0.4, -0.2) is 119 Å². The Morgan fingerprint density at radius 2 is 1.85 bits per heavy atom. The van der Waals surface area contributed by atoms with Crippen molar-refractivity contribution in [2.45, 2.75) is 98.1 Å². The number of aliphatic imine (C=N–C) groups is 1. The summed E-state index contributed by atoms with van der Waals surface area (Å²) < 4.78 is 13.6. The zero-order valence-electron chi connectivity index (χ0n) is 32.2. The maximum absolute atomic E-state index is 12.4. The molecule has 3 atom stereocenters. The molecule has 1 saturated heterocycles. The van der Waals surface area contributed by atoms with Gasteiger partial charge in [-0.3, -0.25) is 9.89 Å². The van der Waals surface area contributed by atoms with E-state index in [1.807, 2.05) is 5.38 Å². The van der Waals surface area contributed by atoms with Gasteiger partial charge in [0.1, 0.15) is 11.6 Å². The minimum absolute atomic E-state index is 0.0252. The van der Waals surface area contributed by atoms with E-state index in [9.17, 15) is 19.8 Å². The zero-order chi connectivity index (χ0) is 38.0. The molecule has 0 aliphatic carbocycles. The highest BCUT2D eigenvalue weighted by atomic mass is 32.1. The number of nitrogens with zero attached hydrogens (tertiary/aromatic N) is 5. The van der Waals surface area contributed by atoms with Crippen molar-refractivity contribution < 1.29 is 29.3 Å². The summed E-state index contributed by atoms with van der Waals surface area (Å²) in [4.78, 5) is 39.3. The SMILES string of the molecule is CCn1c(C2=C([C@H](C)OC)N=C[C@H](N3CCN(C)CC3)C2)c(CC(C)(C)CO)c2cc(-c3csc(C[C@H](NC(=O)OC(C)(C)C)C(=O)O)n3)ccc21. The number of carboxylic acid groups (broad SMARTS) is 1. The molecule has 2 aromatic heterocycles. The fraction of sp³-hybridized carbons (Fsp3) is 0.590. The molecule has 0 radical (unpaired) electrons. The van der Waals surface area contributed by atoms with Crippen molar-refractivity contribution in [1.82, 2.24) is 24.7 Å². The Balaban J connectivity index is 1.57. The molecule has 12 nitrogen and oxygen atoms in total. The summed E-state index contributed by atoms with van der Waals surface area (Å²) in [5.74, 6) is -1.16. The van der Waals surface area contributed by atoms with E-state index in [2.05, 4.69) is 78.8 Å². The molecule has 3 aromatic rings. The van der Waals surface area contributed by atoms with Gasteiger partial charge in [-0.15, -0.1) is 11.3 Å². The van der Waals surface area contributed by atoms with Crippen molar-refractivity contribution in [3.8, 4) is 11.3 Å². The third-order valence-electron chi connectivity index (χ3n) is 9.92. The molecule has 0 spiro atoms. The van der Waals surface area contributed by atoms with E-state index in [-0.39, 0.29) is 30.6 Å². The second-order valence-electron chi connectivity index (χ2n) is 15.8. The molecule has 5 rings (SSSR count). The van der Waals surface area contributed by atoms with Gasteiger partial charge in [0.15, 0.2) is 0 Å². The number of methoxy groups -OCH3 is 1. The van der Waals surface area contributed by atoms with Crippen molar-refractivity contribution in [1.29, 1.82) is 0 Å². The van der Waals surface area contributed by atoms with Crippen LogP contribution in [0.1, 0.15) is 71.2 Å². The van der Waals surface area contributed by atoms with Crippen molar-refractivity contribution in [2.75, 3.05) is 46.9 Å². The van der Waals surface area contributed by atoms with Crippen molar-refractivity contribution in [3.63, 3.8) is 0 Å². The highest BCUT2D eigenvalue weighted by Gasteiger charge is 2.33. The molecule has 3 N–H and O–H groups in total. The lowest BCUT2D eigenvalue weighted by Gasteiger charge is -2.38. The molecule has 0 bridgehead atoms. The smallest absolute Gasteiger partial charge is 0.408 e. The number of alkyl carbamates (subject to hydrolysis) is 1. The number of hydrogen-bond donors (Lipinski definition) is 3. The lowest BCUT2D eigenvalue weighted by molar-refractivity contribution is -0.139. The molecule has 2 aliphatic heterocycles. The monoisotopic (exact) mass is 736 g/mol. The molecule has 1 aromatic carbocycles. The summed E-state index contributed by atoms with van der Waals surface area (Å²) in [6, 6.07) is 5.35. The van der Waals surface area contributed by atoms with Gasteiger partial charge >= 0.3 is 12.1 Å². The number of rotatable bonds is 13. The molecule has 52 heavy (non-hydrogen) atoms. The number of piperazine rings is 1. The fourth-order valence-corrected chi connectivity index (χ4v) is 7.85. The van der Waals surface area contributed by atoms with Gasteiger partial charge in [-0.2, -0.15) is 0 Å². The van der Waals surface area contributed by atoms with Crippen LogP contribution < -0.4 is 5.32 Å². The van der Waals surface area contributed by atoms with Crippen LogP contribution in [0, 0.1) is 5.41 Å². The number of benzene rings is 1. The number of amides is 1. The van der Waals surface area contributed by atoms with Crippen molar-refractivity contribution >= 4 is 46.1 Å². The minimum Gasteiger partial charge on any atom is -0.480 e. The molecule has 0 unspecified atom stereocenters. The number of aliphatic hydroxyl groups excluding tert-OH is 1. The number of ether oxygens (including phenoxy) is 2. The second kappa shape index (κ2) is 16.2. The molecule has 284 valence electrons. The molecule has 4 heterocycles. The summed E-state index contributed by atoms with van der Waals surface area (Å²) in [7, 11) is 3.89. The maximum Gasteiger partial charge on any atom is 0.408 e. The number of carboxylic acids is 1. The van der Waals surface area contributed by atoms with E-state index in [1.54, 1.807) is 27.9 Å². The predicted molar refractivity (Wildman–Crippen MR) is 207 cm³/mol. The van der Waals surface area contributed by atoms with Crippen LogP contribution in [0.3, 0.4) is 0 Å². The van der Waals surface area contributed by atoms with Gasteiger partial charge in [-0.05, 0) is 77.6 Å². The summed E-state index contributed by atoms with van der Waals surface area (Å²) in [6.45, 7) is 18.4. The third kappa shape index (κ3) is 9.11. The lowest BCUT2D eigenvalue weighted by atomic mass is 9.83. The Kier molecular flexibility index (Phi) is 12.3. The maximum atomic E-state index is 12.4. The first kappa shape index (κ1) is 39.6. The van der Waals surface area contributed by atoms with Crippen LogP contribution in [0.25, 0.3) is 27.7 Å². The molecule has 1 fully saturated rings. The highest BCUT2D eigenvalue weighted by molar-refractivity contribution is 7.10. The Hall–Kier alpha value is -3.62. The minimum atomic E-state index is -1.19. The van der Waals surface area contributed by atoms with Crippen LogP contribution in [0.2, 0.25) is 0 Å². The van der Waals surface area contributed by atoms with Crippen LogP contribution >= 0.6 is 11.3 Å². The summed E-state index contributed by atoms with van der Waals surface area (Å²) >= 11 is 1.36. The summed E-state index contributed by atoms with van der Waals surface area (Å²) in [6.07, 6.45) is 2.59. The van der Waals surface area contributed by atoms with E-state index in [1.165, 1.54) is 16.9 Å². The van der Waals surface area contributed by atoms with E-state index in [4.69, 9.17) is 19.5 Å². The highest BCUT2D eigenvalue weighted by Crippen LogP contribution is 2.42. The number of fused-ring (bicyclic) bond motifs is 1. The van der Waals surface area contributed by atoms with Gasteiger partial charge in [0.25, 0.3) is 0 Å². The fourth-order valence-electron chi connectivity index (χ4n) is 7.00. The molecule has 1 amide bonds. The number of thiazole rings is 1. The Morgan fingerprint density at radius 3 is 2.46 bits per heavy atom. The Morgan fingerprint density at radius 1 is 1.13 bits per heavy atom. The van der Waals surface area contributed by atoms with Gasteiger partial charge < -0.3 is 34.5 Å². The van der Waals surface area contributed by atoms with Gasteiger partial charge in [-0.1, -0.05) is 19.9 Å². The number of aromatic nitrogens is 2. The molecular weight excluding hydrogens is 681 g/mol. The average Bonchev–Trinajstić information content (AvgIpc) is 3.68. The number of carbonyl (C=O) groups is 2. The summed E-state index contributed by atoms with van der Waals surface area (Å²) in [5.41, 5.74) is 6.00. The number of likely N-dealkylation sites (N-methyl/N-ethyl adjacent to an activating group) is 1. The van der Waals surface area contributed by atoms with E-state index in [0.29, 0.717) is 11.4 Å². The van der Waals surface area contributed by atoms with Gasteiger partial charge in [0.2, 0.25) is 0 Å². The molecule has 0 saturated carbocycles. The topological polar surface area (TPSA) is 142 Å². The normalized spacial score (nSPS) is 18.9. The van der Waals surface area contributed by atoms with Crippen LogP contribution in [0.15, 0.2) is 34.3 Å². The second-order valence-corrected chi connectivity index (χ2v) is 16.7. The van der Waals surface area contributed by atoms with Gasteiger partial charge in [0.05, 0.1) is 28.2 Å². The van der Waals surface area contributed by atoms with Gasteiger partial charge in [0, 0.05) is 92.5 Å². The number of nitrogens with one attached hydrogen (secondary N) is 1. The summed E-state index contributed by atoms with van der Waals surface area (Å²) in [5, 5.41) is 26.4. The molecule has 2 aliphatic rings. The Bertz CT molecular complexity index is 1810. The zero-order valence-corrected chi connectivity index (χ0v) is 33.0. The number of aryl methyl sites for hydroxylation is 1. The number of hydrogen-bond acceptors (Lipinski definition) is 10. The Labute approximate surface area is 311 Å². The van der Waals surface area contributed by atoms with E-state index >= 15 is 0 Å². The number of carbonyl (C=O) groups excluding carboxylic acids is 1. The molecular formula is C39H56N6O6S. The lowest BCUT2D eigenvalue weighted by Crippen LogP contribution is -2.50. The number of aliphatic carboxylic acids is 1. The van der Waals surface area contributed by atoms with Crippen LogP contribution in [-0.2, 0) is 33.7 Å².